The van der Waals surface area contributed by atoms with Crippen LogP contribution in [0.2, 0.25) is 0 Å². The molecular formula is C12H14FNO. The van der Waals surface area contributed by atoms with Gasteiger partial charge in [-0.2, -0.15) is 0 Å². The molecule has 1 aromatic rings. The average Bonchev–Trinajstić information content (AvgIpc) is 2.70. The largest absolute Gasteiger partial charge is 0.371 e. The third kappa shape index (κ3) is 2.01. The zero-order chi connectivity index (χ0) is 10.8. The summed E-state index contributed by atoms with van der Waals surface area (Å²) in [5, 5.41) is 0. The molecule has 0 radical (unpaired) electrons. The highest BCUT2D eigenvalue weighted by atomic mass is 19.1. The number of hydrogen-bond acceptors (Lipinski definition) is 2. The fraction of sp³-hybridized carbons (Fsp3) is 0.417. The molecular weight excluding hydrogens is 193 g/mol. The first kappa shape index (κ1) is 10.1. The van der Waals surface area contributed by atoms with E-state index in [-0.39, 0.29) is 11.6 Å². The second-order valence-corrected chi connectivity index (χ2v) is 3.91. The van der Waals surface area contributed by atoms with Crippen molar-refractivity contribution in [1.82, 2.24) is 0 Å². The van der Waals surface area contributed by atoms with Crippen molar-refractivity contribution in [3.8, 4) is 0 Å². The number of Topliss-reactive ketones (excluding diaryl/α,β-unsaturated/α-hetero) is 1. The van der Waals surface area contributed by atoms with E-state index in [1.807, 2.05) is 0 Å². The molecule has 0 unspecified atom stereocenters. The minimum Gasteiger partial charge on any atom is -0.371 e. The third-order valence-electron chi connectivity index (χ3n) is 2.78. The van der Waals surface area contributed by atoms with Gasteiger partial charge in [-0.25, -0.2) is 4.39 Å². The van der Waals surface area contributed by atoms with Crippen molar-refractivity contribution in [1.29, 1.82) is 0 Å². The van der Waals surface area contributed by atoms with E-state index < -0.39 is 0 Å². The highest BCUT2D eigenvalue weighted by Gasteiger charge is 2.17. The van der Waals surface area contributed by atoms with Crippen LogP contribution in [0.1, 0.15) is 30.1 Å². The van der Waals surface area contributed by atoms with Crippen LogP contribution in [-0.2, 0) is 0 Å². The van der Waals surface area contributed by atoms with E-state index in [4.69, 9.17) is 0 Å². The number of halogens is 1. The van der Waals surface area contributed by atoms with Crippen LogP contribution >= 0.6 is 0 Å². The molecule has 1 aromatic carbocycles. The number of carbonyl (C=O) groups excluding carboxylic acids is 1. The predicted octanol–water partition coefficient (Wildman–Crippen LogP) is 2.63. The molecule has 0 saturated carbocycles. The molecule has 0 spiro atoms. The van der Waals surface area contributed by atoms with E-state index in [0.29, 0.717) is 5.56 Å². The van der Waals surface area contributed by atoms with Gasteiger partial charge in [-0.05, 0) is 38.0 Å². The molecule has 3 heteroatoms. The number of ketones is 1. The van der Waals surface area contributed by atoms with Gasteiger partial charge in [-0.3, -0.25) is 4.79 Å². The lowest BCUT2D eigenvalue weighted by atomic mass is 10.1. The number of anilines is 1. The summed E-state index contributed by atoms with van der Waals surface area (Å²) < 4.78 is 13.0. The quantitative estimate of drug-likeness (QED) is 0.695. The highest BCUT2D eigenvalue weighted by Crippen LogP contribution is 2.25. The van der Waals surface area contributed by atoms with E-state index in [9.17, 15) is 9.18 Å². The second kappa shape index (κ2) is 4.01. The molecule has 2 nitrogen and oxygen atoms in total. The van der Waals surface area contributed by atoms with Gasteiger partial charge in [-0.1, -0.05) is 0 Å². The van der Waals surface area contributed by atoms with Gasteiger partial charge in [0, 0.05) is 24.3 Å². The van der Waals surface area contributed by atoms with E-state index in [0.717, 1.165) is 31.6 Å². The van der Waals surface area contributed by atoms with Crippen molar-refractivity contribution in [2.75, 3.05) is 18.0 Å². The summed E-state index contributed by atoms with van der Waals surface area (Å²) in [6.07, 6.45) is 2.30. The van der Waals surface area contributed by atoms with Crippen LogP contribution in [0.3, 0.4) is 0 Å². The average molecular weight is 207 g/mol. The Morgan fingerprint density at radius 3 is 2.60 bits per heavy atom. The lowest BCUT2D eigenvalue weighted by Crippen LogP contribution is -2.20. The van der Waals surface area contributed by atoms with Gasteiger partial charge in [0.15, 0.2) is 5.78 Å². The highest BCUT2D eigenvalue weighted by molar-refractivity contribution is 5.99. The first-order valence-electron chi connectivity index (χ1n) is 5.24. The van der Waals surface area contributed by atoms with E-state index in [1.54, 1.807) is 6.07 Å². The molecule has 80 valence electrons. The van der Waals surface area contributed by atoms with E-state index in [2.05, 4.69) is 4.90 Å². The van der Waals surface area contributed by atoms with Crippen molar-refractivity contribution in [2.24, 2.45) is 0 Å². The third-order valence-corrected chi connectivity index (χ3v) is 2.78. The van der Waals surface area contributed by atoms with Crippen molar-refractivity contribution < 1.29 is 9.18 Å². The Hall–Kier alpha value is -1.38. The molecule has 0 atom stereocenters. The van der Waals surface area contributed by atoms with Gasteiger partial charge in [-0.15, -0.1) is 0 Å². The van der Waals surface area contributed by atoms with E-state index in [1.165, 1.54) is 19.1 Å². The Balaban J connectivity index is 2.40. The summed E-state index contributed by atoms with van der Waals surface area (Å²) in [5.74, 6) is -0.417. The molecule has 0 aromatic heterocycles. The summed E-state index contributed by atoms with van der Waals surface area (Å²) >= 11 is 0. The van der Waals surface area contributed by atoms with Crippen LogP contribution in [0, 0.1) is 5.82 Å². The molecule has 1 aliphatic heterocycles. The van der Waals surface area contributed by atoms with Crippen LogP contribution in [0.4, 0.5) is 10.1 Å². The summed E-state index contributed by atoms with van der Waals surface area (Å²) in [4.78, 5) is 13.5. The maximum atomic E-state index is 13.0. The molecule has 1 saturated heterocycles. The van der Waals surface area contributed by atoms with Gasteiger partial charge in [0.1, 0.15) is 5.82 Å². The van der Waals surface area contributed by atoms with Crippen LogP contribution in [0.5, 0.6) is 0 Å². The summed E-state index contributed by atoms with van der Waals surface area (Å²) in [5.41, 5.74) is 1.37. The van der Waals surface area contributed by atoms with Gasteiger partial charge in [0.2, 0.25) is 0 Å². The van der Waals surface area contributed by atoms with Gasteiger partial charge in [0.05, 0.1) is 0 Å². The fourth-order valence-electron chi connectivity index (χ4n) is 2.02. The topological polar surface area (TPSA) is 20.3 Å². The molecule has 0 amide bonds. The molecule has 1 fully saturated rings. The van der Waals surface area contributed by atoms with Crippen molar-refractivity contribution in [2.45, 2.75) is 19.8 Å². The minimum atomic E-state index is -0.344. The number of carbonyl (C=O) groups is 1. The zero-order valence-corrected chi connectivity index (χ0v) is 8.79. The minimum absolute atomic E-state index is 0.0728. The monoisotopic (exact) mass is 207 g/mol. The van der Waals surface area contributed by atoms with Crippen LogP contribution < -0.4 is 4.90 Å². The lowest BCUT2D eigenvalue weighted by Gasteiger charge is -2.20. The van der Waals surface area contributed by atoms with Crippen LogP contribution in [0.15, 0.2) is 18.2 Å². The van der Waals surface area contributed by atoms with Gasteiger partial charge in [0.25, 0.3) is 0 Å². The molecule has 2 rings (SSSR count). The summed E-state index contributed by atoms with van der Waals surface area (Å²) in [6.45, 7) is 3.41. The smallest absolute Gasteiger partial charge is 0.161 e. The summed E-state index contributed by atoms with van der Waals surface area (Å²) in [6, 6.07) is 4.45. The molecule has 0 bridgehead atoms. The first-order valence-corrected chi connectivity index (χ1v) is 5.24. The molecule has 1 heterocycles. The Labute approximate surface area is 88.7 Å². The Morgan fingerprint density at radius 2 is 2.00 bits per heavy atom. The first-order chi connectivity index (χ1) is 7.18. The fourth-order valence-corrected chi connectivity index (χ4v) is 2.02. The standard InChI is InChI=1S/C12H14FNO/c1-9(15)11-8-10(13)4-5-12(11)14-6-2-3-7-14/h4-5,8H,2-3,6-7H2,1H3. The van der Waals surface area contributed by atoms with Crippen molar-refractivity contribution >= 4 is 11.5 Å². The predicted molar refractivity (Wildman–Crippen MR) is 57.9 cm³/mol. The number of benzene rings is 1. The molecule has 0 N–H and O–H groups in total. The number of rotatable bonds is 2. The van der Waals surface area contributed by atoms with E-state index >= 15 is 0 Å². The maximum Gasteiger partial charge on any atom is 0.161 e. The van der Waals surface area contributed by atoms with Crippen LogP contribution in [0.25, 0.3) is 0 Å². The lowest BCUT2D eigenvalue weighted by molar-refractivity contribution is 0.101. The van der Waals surface area contributed by atoms with Crippen molar-refractivity contribution in [3.63, 3.8) is 0 Å². The zero-order valence-electron chi connectivity index (χ0n) is 8.79. The maximum absolute atomic E-state index is 13.0. The van der Waals surface area contributed by atoms with Gasteiger partial charge < -0.3 is 4.90 Å². The Morgan fingerprint density at radius 1 is 1.33 bits per heavy atom. The molecule has 15 heavy (non-hydrogen) atoms. The summed E-state index contributed by atoms with van der Waals surface area (Å²) in [7, 11) is 0. The van der Waals surface area contributed by atoms with Crippen LogP contribution in [-0.4, -0.2) is 18.9 Å². The SMILES string of the molecule is CC(=O)c1cc(F)ccc1N1CCCC1. The normalized spacial score (nSPS) is 15.7. The molecule has 0 aliphatic carbocycles. The Bertz CT molecular complexity index is 383. The number of hydrogen-bond donors (Lipinski definition) is 0. The molecule has 1 aliphatic rings. The Kier molecular flexibility index (Phi) is 2.71. The van der Waals surface area contributed by atoms with Crippen molar-refractivity contribution in [3.05, 3.63) is 29.6 Å². The second-order valence-electron chi connectivity index (χ2n) is 3.91. The number of nitrogens with zero attached hydrogens (tertiary/aromatic N) is 1. The van der Waals surface area contributed by atoms with Gasteiger partial charge >= 0.3 is 0 Å².